The van der Waals surface area contributed by atoms with E-state index in [2.05, 4.69) is 10.0 Å². The molecule has 0 saturated carbocycles. The lowest BCUT2D eigenvalue weighted by Crippen LogP contribution is -2.27. The van der Waals surface area contributed by atoms with E-state index in [1.54, 1.807) is 25.1 Å². The zero-order valence-corrected chi connectivity index (χ0v) is 19.6. The van der Waals surface area contributed by atoms with E-state index in [0.717, 1.165) is 0 Å². The summed E-state index contributed by atoms with van der Waals surface area (Å²) in [7, 11) is -1.22. The van der Waals surface area contributed by atoms with Crippen molar-refractivity contribution < 1.29 is 27.1 Å². The minimum atomic E-state index is -4.08. The van der Waals surface area contributed by atoms with E-state index in [-0.39, 0.29) is 21.2 Å². The Hall–Kier alpha value is -3.30. The van der Waals surface area contributed by atoms with Crippen molar-refractivity contribution in [3.63, 3.8) is 0 Å². The Balaban J connectivity index is 1.80. The molecule has 33 heavy (non-hydrogen) atoms. The summed E-state index contributed by atoms with van der Waals surface area (Å²) < 4.78 is 52.1. The number of hydrogen-bond donors (Lipinski definition) is 2. The van der Waals surface area contributed by atoms with Crippen molar-refractivity contribution in [1.82, 2.24) is 5.32 Å². The normalized spacial score (nSPS) is 12.0. The van der Waals surface area contributed by atoms with E-state index < -0.39 is 27.8 Å². The minimum absolute atomic E-state index is 0.0437. The first-order valence-electron chi connectivity index (χ1n) is 9.75. The van der Waals surface area contributed by atoms with Gasteiger partial charge in [-0.05, 0) is 67.1 Å². The third kappa shape index (κ3) is 5.74. The summed E-state index contributed by atoms with van der Waals surface area (Å²) in [6.45, 7) is 1.68. The molecular weight excluding hydrogens is 471 g/mol. The molecule has 0 heterocycles. The molecule has 1 unspecified atom stereocenters. The second-order valence-corrected chi connectivity index (χ2v) is 9.13. The van der Waals surface area contributed by atoms with Gasteiger partial charge >= 0.3 is 0 Å². The number of methoxy groups -OCH3 is 2. The Morgan fingerprint density at radius 2 is 1.70 bits per heavy atom. The van der Waals surface area contributed by atoms with Crippen molar-refractivity contribution in [2.45, 2.75) is 17.9 Å². The van der Waals surface area contributed by atoms with Gasteiger partial charge in [0.2, 0.25) is 0 Å². The van der Waals surface area contributed by atoms with E-state index in [1.165, 1.54) is 56.7 Å². The Labute approximate surface area is 196 Å². The Morgan fingerprint density at radius 3 is 2.30 bits per heavy atom. The van der Waals surface area contributed by atoms with E-state index in [1.807, 2.05) is 0 Å². The summed E-state index contributed by atoms with van der Waals surface area (Å²) in [5, 5.41) is 2.68. The maximum Gasteiger partial charge on any atom is 0.263 e. The maximum atomic E-state index is 14.0. The van der Waals surface area contributed by atoms with Crippen molar-refractivity contribution in [1.29, 1.82) is 0 Å². The molecule has 2 N–H and O–H groups in total. The van der Waals surface area contributed by atoms with Gasteiger partial charge in [-0.15, -0.1) is 0 Å². The molecule has 0 spiro atoms. The van der Waals surface area contributed by atoms with Gasteiger partial charge in [0.25, 0.3) is 15.9 Å². The number of hydrogen-bond acceptors (Lipinski definition) is 5. The first-order valence-corrected chi connectivity index (χ1v) is 11.6. The van der Waals surface area contributed by atoms with Gasteiger partial charge in [0.05, 0.1) is 25.3 Å². The van der Waals surface area contributed by atoms with Gasteiger partial charge in [-0.25, -0.2) is 12.8 Å². The molecule has 1 atom stereocenters. The molecule has 3 rings (SSSR count). The van der Waals surface area contributed by atoms with Crippen LogP contribution in [-0.4, -0.2) is 28.5 Å². The van der Waals surface area contributed by atoms with E-state index in [9.17, 15) is 17.6 Å². The van der Waals surface area contributed by atoms with E-state index in [0.29, 0.717) is 17.0 Å². The number of ether oxygens (including phenoxy) is 2. The predicted octanol–water partition coefficient (Wildman–Crippen LogP) is 4.79. The number of rotatable bonds is 8. The van der Waals surface area contributed by atoms with Crippen molar-refractivity contribution in [2.75, 3.05) is 18.9 Å². The van der Waals surface area contributed by atoms with Crippen LogP contribution in [0.3, 0.4) is 0 Å². The fourth-order valence-electron chi connectivity index (χ4n) is 3.04. The van der Waals surface area contributed by atoms with Crippen LogP contribution < -0.4 is 19.5 Å². The predicted molar refractivity (Wildman–Crippen MR) is 124 cm³/mol. The Bertz CT molecular complexity index is 1270. The third-order valence-electron chi connectivity index (χ3n) is 4.85. The highest BCUT2D eigenvalue weighted by molar-refractivity contribution is 7.92. The van der Waals surface area contributed by atoms with Crippen LogP contribution in [0.1, 0.15) is 28.9 Å². The number of carbonyl (C=O) groups is 1. The van der Waals surface area contributed by atoms with Crippen molar-refractivity contribution >= 4 is 33.2 Å². The average Bonchev–Trinajstić information content (AvgIpc) is 2.79. The number of nitrogens with one attached hydrogen (secondary N) is 2. The lowest BCUT2D eigenvalue weighted by Gasteiger charge is -2.16. The van der Waals surface area contributed by atoms with Gasteiger partial charge in [0.1, 0.15) is 10.6 Å². The monoisotopic (exact) mass is 492 g/mol. The molecule has 0 aliphatic heterocycles. The quantitative estimate of drug-likeness (QED) is 0.471. The van der Waals surface area contributed by atoms with Crippen LogP contribution in [0.25, 0.3) is 0 Å². The van der Waals surface area contributed by atoms with Gasteiger partial charge in [-0.3, -0.25) is 9.52 Å². The first kappa shape index (κ1) is 24.3. The molecule has 0 saturated heterocycles. The minimum Gasteiger partial charge on any atom is -0.497 e. The summed E-state index contributed by atoms with van der Waals surface area (Å²) >= 11 is 6.12. The SMILES string of the molecule is COc1ccc(NS(=O)(=O)c2cc(C(=O)NC(C)c3ccc(OC)c(F)c3)ccc2Cl)cc1. The van der Waals surface area contributed by atoms with Crippen molar-refractivity contribution in [3.8, 4) is 11.5 Å². The van der Waals surface area contributed by atoms with Crippen LogP contribution >= 0.6 is 11.6 Å². The molecule has 0 aliphatic carbocycles. The molecule has 0 fully saturated rings. The molecule has 7 nitrogen and oxygen atoms in total. The highest BCUT2D eigenvalue weighted by Crippen LogP contribution is 2.27. The maximum absolute atomic E-state index is 14.0. The number of anilines is 1. The lowest BCUT2D eigenvalue weighted by atomic mass is 10.1. The number of sulfonamides is 1. The van der Waals surface area contributed by atoms with Gasteiger partial charge in [0, 0.05) is 11.3 Å². The molecule has 3 aromatic carbocycles. The average molecular weight is 493 g/mol. The third-order valence-corrected chi connectivity index (χ3v) is 6.71. The van der Waals surface area contributed by atoms with Crippen molar-refractivity contribution in [3.05, 3.63) is 82.6 Å². The van der Waals surface area contributed by atoms with Gasteiger partial charge in [-0.2, -0.15) is 0 Å². The molecule has 174 valence electrons. The Morgan fingerprint density at radius 1 is 1.00 bits per heavy atom. The van der Waals surface area contributed by atoms with Gasteiger partial charge in [0.15, 0.2) is 11.6 Å². The molecule has 0 radical (unpaired) electrons. The highest BCUT2D eigenvalue weighted by atomic mass is 35.5. The summed E-state index contributed by atoms with van der Waals surface area (Å²) in [6.07, 6.45) is 0. The lowest BCUT2D eigenvalue weighted by molar-refractivity contribution is 0.0939. The Kier molecular flexibility index (Phi) is 7.45. The fraction of sp³-hybridized carbons (Fsp3) is 0.174. The number of carbonyl (C=O) groups excluding carboxylic acids is 1. The topological polar surface area (TPSA) is 93.7 Å². The van der Waals surface area contributed by atoms with Crippen LogP contribution in [0.2, 0.25) is 5.02 Å². The second-order valence-electron chi connectivity index (χ2n) is 7.07. The molecule has 0 aliphatic rings. The molecule has 3 aromatic rings. The second kappa shape index (κ2) is 10.1. The standard InChI is InChI=1S/C23H22ClFN2O5S/c1-14(15-5-11-21(32-3)20(25)12-15)26-23(28)16-4-10-19(24)22(13-16)33(29,30)27-17-6-8-18(31-2)9-7-17/h4-14,27H,1-3H3,(H,26,28). The number of amides is 1. The van der Waals surface area contributed by atoms with Crippen LogP contribution in [0.4, 0.5) is 10.1 Å². The molecule has 10 heteroatoms. The van der Waals surface area contributed by atoms with Crippen molar-refractivity contribution in [2.24, 2.45) is 0 Å². The summed E-state index contributed by atoms with van der Waals surface area (Å²) in [5.41, 5.74) is 0.900. The van der Waals surface area contributed by atoms with Gasteiger partial charge in [-0.1, -0.05) is 17.7 Å². The smallest absolute Gasteiger partial charge is 0.263 e. The fourth-order valence-corrected chi connectivity index (χ4v) is 4.62. The summed E-state index contributed by atoms with van der Waals surface area (Å²) in [4.78, 5) is 12.5. The number of halogens is 2. The summed E-state index contributed by atoms with van der Waals surface area (Å²) in [6, 6.07) is 14.0. The molecule has 0 aromatic heterocycles. The zero-order chi connectivity index (χ0) is 24.2. The van der Waals surface area contributed by atoms with Crippen LogP contribution in [0, 0.1) is 5.82 Å². The molecule has 1 amide bonds. The van der Waals surface area contributed by atoms with E-state index >= 15 is 0 Å². The van der Waals surface area contributed by atoms with Crippen LogP contribution in [0.5, 0.6) is 11.5 Å². The molecule has 0 bridgehead atoms. The zero-order valence-electron chi connectivity index (χ0n) is 18.1. The summed E-state index contributed by atoms with van der Waals surface area (Å²) in [5.74, 6) is -0.438. The largest absolute Gasteiger partial charge is 0.497 e. The first-order chi connectivity index (χ1) is 15.6. The number of benzene rings is 3. The van der Waals surface area contributed by atoms with Crippen LogP contribution in [-0.2, 0) is 10.0 Å². The highest BCUT2D eigenvalue weighted by Gasteiger charge is 2.21. The van der Waals surface area contributed by atoms with Crippen LogP contribution in [0.15, 0.2) is 65.6 Å². The molecular formula is C23H22ClFN2O5S. The van der Waals surface area contributed by atoms with E-state index in [4.69, 9.17) is 21.1 Å². The van der Waals surface area contributed by atoms with Gasteiger partial charge < -0.3 is 14.8 Å².